The normalized spacial score (nSPS) is 12.1. The molecule has 0 radical (unpaired) electrons. The molecule has 0 saturated heterocycles. The van der Waals surface area contributed by atoms with Gasteiger partial charge in [0.15, 0.2) is 0 Å². The first-order chi connectivity index (χ1) is 7.63. The van der Waals surface area contributed by atoms with Gasteiger partial charge in [-0.1, -0.05) is 13.0 Å². The molecule has 1 unspecified atom stereocenters. The van der Waals surface area contributed by atoms with Gasteiger partial charge < -0.3 is 16.2 Å². The molecule has 4 N–H and O–H groups in total. The molecule has 0 aliphatic heterocycles. The number of hydrogen-bond donors (Lipinski definition) is 3. The molecule has 0 bridgehead atoms. The highest BCUT2D eigenvalue weighted by molar-refractivity contribution is 5.92. The number of amides is 1. The highest BCUT2D eigenvalue weighted by atomic mass is 16.3. The van der Waals surface area contributed by atoms with E-state index in [-0.39, 0.29) is 17.6 Å². The largest absolute Gasteiger partial charge is 0.508 e. The zero-order valence-electron chi connectivity index (χ0n) is 9.44. The van der Waals surface area contributed by atoms with Crippen molar-refractivity contribution in [3.05, 3.63) is 24.3 Å². The number of phenolic OH excluding ortho intramolecular Hbond substituents is 1. The summed E-state index contributed by atoms with van der Waals surface area (Å²) in [5, 5.41) is 12.0. The van der Waals surface area contributed by atoms with Crippen molar-refractivity contribution in [2.24, 2.45) is 11.7 Å². The van der Waals surface area contributed by atoms with Gasteiger partial charge in [0.25, 0.3) is 0 Å². The maximum absolute atomic E-state index is 11.7. The van der Waals surface area contributed by atoms with Crippen LogP contribution < -0.4 is 11.1 Å². The van der Waals surface area contributed by atoms with E-state index in [1.807, 2.05) is 6.92 Å². The van der Waals surface area contributed by atoms with E-state index in [1.54, 1.807) is 18.2 Å². The van der Waals surface area contributed by atoms with Crippen molar-refractivity contribution in [1.29, 1.82) is 0 Å². The second kappa shape index (κ2) is 6.12. The minimum atomic E-state index is -0.0640. The molecule has 1 amide bonds. The lowest BCUT2D eigenvalue weighted by Gasteiger charge is -2.11. The first-order valence-electron chi connectivity index (χ1n) is 5.43. The van der Waals surface area contributed by atoms with Crippen LogP contribution in [0, 0.1) is 5.92 Å². The fourth-order valence-electron chi connectivity index (χ4n) is 1.40. The van der Waals surface area contributed by atoms with Gasteiger partial charge in [-0.15, -0.1) is 0 Å². The predicted octanol–water partition coefficient (Wildman–Crippen LogP) is 1.71. The molecule has 1 aromatic rings. The zero-order valence-corrected chi connectivity index (χ0v) is 9.44. The number of benzene rings is 1. The van der Waals surface area contributed by atoms with Crippen LogP contribution in [0.3, 0.4) is 0 Å². The molecule has 0 aromatic heterocycles. The van der Waals surface area contributed by atoms with Crippen molar-refractivity contribution in [2.75, 3.05) is 11.9 Å². The fraction of sp³-hybridized carbons (Fsp3) is 0.417. The van der Waals surface area contributed by atoms with Crippen molar-refractivity contribution in [1.82, 2.24) is 0 Å². The van der Waals surface area contributed by atoms with E-state index in [2.05, 4.69) is 5.32 Å². The van der Waals surface area contributed by atoms with Crippen molar-refractivity contribution in [3.63, 3.8) is 0 Å². The van der Waals surface area contributed by atoms with Crippen LogP contribution in [0.5, 0.6) is 5.75 Å². The summed E-state index contributed by atoms with van der Waals surface area (Å²) >= 11 is 0. The minimum absolute atomic E-state index is 0.0425. The molecule has 0 aliphatic rings. The summed E-state index contributed by atoms with van der Waals surface area (Å²) in [5.41, 5.74) is 6.00. The van der Waals surface area contributed by atoms with Gasteiger partial charge in [-0.05, 0) is 31.5 Å². The van der Waals surface area contributed by atoms with E-state index >= 15 is 0 Å². The minimum Gasteiger partial charge on any atom is -0.508 e. The van der Waals surface area contributed by atoms with Gasteiger partial charge in [0, 0.05) is 17.7 Å². The first-order valence-corrected chi connectivity index (χ1v) is 5.43. The van der Waals surface area contributed by atoms with Crippen LogP contribution in [-0.2, 0) is 4.79 Å². The number of nitrogens with two attached hydrogens (primary N) is 1. The Morgan fingerprint density at radius 3 is 2.94 bits per heavy atom. The van der Waals surface area contributed by atoms with Crippen LogP contribution >= 0.6 is 0 Å². The number of carbonyl (C=O) groups is 1. The SMILES string of the molecule is CC(CCCN)C(=O)Nc1cccc(O)c1. The molecule has 1 atom stereocenters. The van der Waals surface area contributed by atoms with Crippen molar-refractivity contribution in [3.8, 4) is 5.75 Å². The lowest BCUT2D eigenvalue weighted by atomic mass is 10.0. The molecule has 1 rings (SSSR count). The fourth-order valence-corrected chi connectivity index (χ4v) is 1.40. The lowest BCUT2D eigenvalue weighted by molar-refractivity contribution is -0.119. The van der Waals surface area contributed by atoms with Crippen molar-refractivity contribution in [2.45, 2.75) is 19.8 Å². The second-order valence-electron chi connectivity index (χ2n) is 3.87. The Hall–Kier alpha value is -1.55. The molecule has 0 saturated carbocycles. The van der Waals surface area contributed by atoms with E-state index in [0.717, 1.165) is 12.8 Å². The standard InChI is InChI=1S/C12H18N2O2/c1-9(4-3-7-13)12(16)14-10-5-2-6-11(15)8-10/h2,5-6,8-9,15H,3-4,7,13H2,1H3,(H,14,16). The van der Waals surface area contributed by atoms with E-state index in [9.17, 15) is 9.90 Å². The van der Waals surface area contributed by atoms with Crippen molar-refractivity contribution < 1.29 is 9.90 Å². The third-order valence-electron chi connectivity index (χ3n) is 2.40. The van der Waals surface area contributed by atoms with E-state index in [1.165, 1.54) is 6.07 Å². The summed E-state index contributed by atoms with van der Waals surface area (Å²) in [6.07, 6.45) is 1.62. The molecule has 4 heteroatoms. The Kier molecular flexibility index (Phi) is 4.79. The molecule has 0 aliphatic carbocycles. The summed E-state index contributed by atoms with van der Waals surface area (Å²) < 4.78 is 0. The average Bonchev–Trinajstić information content (AvgIpc) is 2.25. The average molecular weight is 222 g/mol. The molecular formula is C12H18N2O2. The zero-order chi connectivity index (χ0) is 12.0. The summed E-state index contributed by atoms with van der Waals surface area (Å²) in [7, 11) is 0. The van der Waals surface area contributed by atoms with Gasteiger partial charge in [0.1, 0.15) is 5.75 Å². The summed E-state index contributed by atoms with van der Waals surface area (Å²) in [6, 6.07) is 6.52. The Labute approximate surface area is 95.5 Å². The maximum Gasteiger partial charge on any atom is 0.227 e. The Morgan fingerprint density at radius 2 is 2.31 bits per heavy atom. The van der Waals surface area contributed by atoms with Gasteiger partial charge in [-0.3, -0.25) is 4.79 Å². The van der Waals surface area contributed by atoms with Crippen LogP contribution in [-0.4, -0.2) is 17.6 Å². The second-order valence-corrected chi connectivity index (χ2v) is 3.87. The highest BCUT2D eigenvalue weighted by Gasteiger charge is 2.12. The molecule has 16 heavy (non-hydrogen) atoms. The maximum atomic E-state index is 11.7. The quantitative estimate of drug-likeness (QED) is 0.709. The molecule has 4 nitrogen and oxygen atoms in total. The molecule has 88 valence electrons. The van der Waals surface area contributed by atoms with E-state index in [4.69, 9.17) is 5.73 Å². The molecule has 0 fully saturated rings. The van der Waals surface area contributed by atoms with Gasteiger partial charge in [-0.25, -0.2) is 0 Å². The van der Waals surface area contributed by atoms with Gasteiger partial charge in [0.2, 0.25) is 5.91 Å². The van der Waals surface area contributed by atoms with Crippen molar-refractivity contribution >= 4 is 11.6 Å². The Bertz CT molecular complexity index is 353. The molecule has 0 spiro atoms. The van der Waals surface area contributed by atoms with Gasteiger partial charge in [-0.2, -0.15) is 0 Å². The molecule has 0 heterocycles. The third-order valence-corrected chi connectivity index (χ3v) is 2.40. The topological polar surface area (TPSA) is 75.4 Å². The Balaban J connectivity index is 2.50. The smallest absolute Gasteiger partial charge is 0.227 e. The van der Waals surface area contributed by atoms with Crippen LogP contribution in [0.15, 0.2) is 24.3 Å². The highest BCUT2D eigenvalue weighted by Crippen LogP contribution is 2.17. The molecule has 1 aromatic carbocycles. The number of nitrogens with one attached hydrogen (secondary N) is 1. The summed E-state index contributed by atoms with van der Waals surface area (Å²) in [4.78, 5) is 11.7. The van der Waals surface area contributed by atoms with E-state index < -0.39 is 0 Å². The first kappa shape index (κ1) is 12.5. The van der Waals surface area contributed by atoms with Gasteiger partial charge >= 0.3 is 0 Å². The van der Waals surface area contributed by atoms with Crippen LogP contribution in [0.4, 0.5) is 5.69 Å². The number of aromatic hydroxyl groups is 1. The number of hydrogen-bond acceptors (Lipinski definition) is 3. The predicted molar refractivity (Wildman–Crippen MR) is 64.2 cm³/mol. The third kappa shape index (κ3) is 3.90. The Morgan fingerprint density at radius 1 is 1.56 bits per heavy atom. The van der Waals surface area contributed by atoms with Crippen LogP contribution in [0.2, 0.25) is 0 Å². The number of rotatable bonds is 5. The molecular weight excluding hydrogens is 204 g/mol. The summed E-state index contributed by atoms with van der Waals surface area (Å²) in [6.45, 7) is 2.47. The number of anilines is 1. The number of carbonyl (C=O) groups excluding carboxylic acids is 1. The number of phenols is 1. The van der Waals surface area contributed by atoms with E-state index in [0.29, 0.717) is 12.2 Å². The van der Waals surface area contributed by atoms with Gasteiger partial charge in [0.05, 0.1) is 0 Å². The van der Waals surface area contributed by atoms with Crippen LogP contribution in [0.25, 0.3) is 0 Å². The van der Waals surface area contributed by atoms with Crippen LogP contribution in [0.1, 0.15) is 19.8 Å². The monoisotopic (exact) mass is 222 g/mol. The lowest BCUT2D eigenvalue weighted by Crippen LogP contribution is -2.21. The summed E-state index contributed by atoms with van der Waals surface area (Å²) in [5.74, 6) is 0.0392.